The molecule has 0 amide bonds. The number of hydrogen-bond acceptors (Lipinski definition) is 2. The van der Waals surface area contributed by atoms with E-state index in [1.807, 2.05) is 19.9 Å². The number of aliphatic imine (C=N–C) groups is 1. The molecular weight excluding hydrogens is 396 g/mol. The fourth-order valence-electron chi connectivity index (χ4n) is 1.89. The molecule has 4 nitrogen and oxygen atoms in total. The standard InChI is InChI=1S/C16H26FN3O.HI/c1-5-18-16(19-9-6-10-21-4)20-13(3)14-8-7-12(2)15(17)11-14;/h7-8,11,13H,5-6,9-10H2,1-4H3,(H2,18,19,20);1H. The van der Waals surface area contributed by atoms with Crippen LogP contribution in [0.5, 0.6) is 0 Å². The highest BCUT2D eigenvalue weighted by atomic mass is 127. The zero-order chi connectivity index (χ0) is 15.7. The molecule has 1 unspecified atom stereocenters. The Hall–Kier alpha value is -0.890. The lowest BCUT2D eigenvalue weighted by atomic mass is 10.1. The molecule has 1 atom stereocenters. The monoisotopic (exact) mass is 423 g/mol. The van der Waals surface area contributed by atoms with Gasteiger partial charge in [-0.2, -0.15) is 0 Å². The number of nitrogens with zero attached hydrogens (tertiary/aromatic N) is 1. The molecule has 0 aliphatic rings. The maximum absolute atomic E-state index is 13.6. The van der Waals surface area contributed by atoms with Gasteiger partial charge in [0.1, 0.15) is 5.82 Å². The third-order valence-corrected chi connectivity index (χ3v) is 3.17. The first-order valence-electron chi connectivity index (χ1n) is 7.38. The molecule has 0 spiro atoms. The van der Waals surface area contributed by atoms with Crippen molar-refractivity contribution in [2.75, 3.05) is 26.8 Å². The summed E-state index contributed by atoms with van der Waals surface area (Å²) in [5.74, 6) is 0.560. The second kappa shape index (κ2) is 11.6. The lowest BCUT2D eigenvalue weighted by Gasteiger charge is -2.18. The van der Waals surface area contributed by atoms with Crippen LogP contribution in [-0.2, 0) is 4.74 Å². The third-order valence-electron chi connectivity index (χ3n) is 3.17. The molecule has 0 aromatic heterocycles. The molecule has 0 saturated heterocycles. The summed E-state index contributed by atoms with van der Waals surface area (Å²) in [6.45, 7) is 7.94. The van der Waals surface area contributed by atoms with Crippen molar-refractivity contribution in [3.8, 4) is 0 Å². The Kier molecular flexibility index (Phi) is 11.2. The molecule has 1 aromatic carbocycles. The third kappa shape index (κ3) is 7.40. The Balaban J connectivity index is 0.00000441. The van der Waals surface area contributed by atoms with Gasteiger partial charge in [-0.15, -0.1) is 24.0 Å². The van der Waals surface area contributed by atoms with Crippen molar-refractivity contribution in [3.63, 3.8) is 0 Å². The summed E-state index contributed by atoms with van der Waals surface area (Å²) in [6.07, 6.45) is 0.876. The summed E-state index contributed by atoms with van der Waals surface area (Å²) >= 11 is 0. The number of guanidine groups is 1. The first-order chi connectivity index (χ1) is 10.1. The molecule has 2 N–H and O–H groups in total. The summed E-state index contributed by atoms with van der Waals surface area (Å²) in [7, 11) is 1.68. The largest absolute Gasteiger partial charge is 0.385 e. The predicted octanol–water partition coefficient (Wildman–Crippen LogP) is 3.40. The van der Waals surface area contributed by atoms with Crippen LogP contribution < -0.4 is 10.6 Å². The number of rotatable bonds is 7. The van der Waals surface area contributed by atoms with Gasteiger partial charge >= 0.3 is 0 Å². The molecule has 0 radical (unpaired) electrons. The van der Waals surface area contributed by atoms with Gasteiger partial charge in [0, 0.05) is 26.8 Å². The Morgan fingerprint density at radius 3 is 2.73 bits per heavy atom. The maximum Gasteiger partial charge on any atom is 0.191 e. The SMILES string of the molecule is CCNC(=NCCCOC)NC(C)c1ccc(C)c(F)c1.I. The van der Waals surface area contributed by atoms with Crippen molar-refractivity contribution < 1.29 is 9.13 Å². The average molecular weight is 423 g/mol. The second-order valence-corrected chi connectivity index (χ2v) is 4.98. The zero-order valence-electron chi connectivity index (χ0n) is 13.8. The molecule has 0 aliphatic carbocycles. The lowest BCUT2D eigenvalue weighted by molar-refractivity contribution is 0.197. The van der Waals surface area contributed by atoms with Gasteiger partial charge in [-0.05, 0) is 44.4 Å². The molecule has 0 saturated carbocycles. The van der Waals surface area contributed by atoms with Gasteiger partial charge in [0.2, 0.25) is 0 Å². The predicted molar refractivity (Wildman–Crippen MR) is 101 cm³/mol. The summed E-state index contributed by atoms with van der Waals surface area (Å²) < 4.78 is 18.6. The molecule has 0 heterocycles. The van der Waals surface area contributed by atoms with Crippen LogP contribution >= 0.6 is 24.0 Å². The van der Waals surface area contributed by atoms with E-state index in [9.17, 15) is 4.39 Å². The van der Waals surface area contributed by atoms with E-state index in [-0.39, 0.29) is 35.8 Å². The number of aryl methyl sites for hydroxylation is 1. The van der Waals surface area contributed by atoms with Gasteiger partial charge in [0.05, 0.1) is 6.04 Å². The Morgan fingerprint density at radius 1 is 1.41 bits per heavy atom. The van der Waals surface area contributed by atoms with E-state index in [4.69, 9.17) is 4.74 Å². The topological polar surface area (TPSA) is 45.7 Å². The molecule has 22 heavy (non-hydrogen) atoms. The van der Waals surface area contributed by atoms with E-state index in [1.165, 1.54) is 0 Å². The second-order valence-electron chi connectivity index (χ2n) is 4.98. The number of methoxy groups -OCH3 is 1. The van der Waals surface area contributed by atoms with Crippen molar-refractivity contribution in [2.45, 2.75) is 33.2 Å². The Morgan fingerprint density at radius 2 is 2.14 bits per heavy atom. The average Bonchev–Trinajstić information content (AvgIpc) is 2.46. The lowest BCUT2D eigenvalue weighted by Crippen LogP contribution is -2.38. The van der Waals surface area contributed by atoms with E-state index >= 15 is 0 Å². The van der Waals surface area contributed by atoms with Crippen molar-refractivity contribution >= 4 is 29.9 Å². The summed E-state index contributed by atoms with van der Waals surface area (Å²) in [5, 5.41) is 6.48. The van der Waals surface area contributed by atoms with E-state index in [1.54, 1.807) is 26.2 Å². The van der Waals surface area contributed by atoms with Crippen LogP contribution in [0.3, 0.4) is 0 Å². The van der Waals surface area contributed by atoms with Gasteiger partial charge in [-0.25, -0.2) is 4.39 Å². The van der Waals surface area contributed by atoms with Gasteiger partial charge in [0.25, 0.3) is 0 Å². The van der Waals surface area contributed by atoms with Gasteiger partial charge in [-0.3, -0.25) is 4.99 Å². The molecule has 0 aliphatic heterocycles. The first-order valence-corrected chi connectivity index (χ1v) is 7.38. The van der Waals surface area contributed by atoms with Crippen LogP contribution in [0, 0.1) is 12.7 Å². The highest BCUT2D eigenvalue weighted by molar-refractivity contribution is 14.0. The smallest absolute Gasteiger partial charge is 0.191 e. The zero-order valence-corrected chi connectivity index (χ0v) is 16.1. The quantitative estimate of drug-likeness (QED) is 0.306. The van der Waals surface area contributed by atoms with E-state index in [0.29, 0.717) is 18.7 Å². The molecular formula is C16H27FIN3O. The fourth-order valence-corrected chi connectivity index (χ4v) is 1.89. The van der Waals surface area contributed by atoms with Crippen LogP contribution in [0.4, 0.5) is 4.39 Å². The van der Waals surface area contributed by atoms with Crippen molar-refractivity contribution in [1.82, 2.24) is 10.6 Å². The van der Waals surface area contributed by atoms with Crippen molar-refractivity contribution in [3.05, 3.63) is 35.1 Å². The number of hydrogen-bond donors (Lipinski definition) is 2. The molecule has 0 fully saturated rings. The van der Waals surface area contributed by atoms with E-state index in [2.05, 4.69) is 15.6 Å². The molecule has 126 valence electrons. The minimum absolute atomic E-state index is 0. The Labute approximate surface area is 149 Å². The van der Waals surface area contributed by atoms with Crippen LogP contribution in [0.25, 0.3) is 0 Å². The highest BCUT2D eigenvalue weighted by Crippen LogP contribution is 2.16. The number of nitrogens with one attached hydrogen (secondary N) is 2. The fraction of sp³-hybridized carbons (Fsp3) is 0.562. The number of halogens is 2. The summed E-state index contributed by atoms with van der Waals surface area (Å²) in [4.78, 5) is 4.48. The van der Waals surface area contributed by atoms with Crippen LogP contribution in [0.15, 0.2) is 23.2 Å². The van der Waals surface area contributed by atoms with Gasteiger partial charge in [-0.1, -0.05) is 12.1 Å². The minimum Gasteiger partial charge on any atom is -0.385 e. The van der Waals surface area contributed by atoms with Gasteiger partial charge < -0.3 is 15.4 Å². The van der Waals surface area contributed by atoms with Crippen molar-refractivity contribution in [1.29, 1.82) is 0 Å². The first kappa shape index (κ1) is 21.1. The van der Waals surface area contributed by atoms with Crippen LogP contribution in [-0.4, -0.2) is 32.8 Å². The van der Waals surface area contributed by atoms with Gasteiger partial charge in [0.15, 0.2) is 5.96 Å². The highest BCUT2D eigenvalue weighted by Gasteiger charge is 2.09. The van der Waals surface area contributed by atoms with Crippen LogP contribution in [0.1, 0.15) is 37.4 Å². The van der Waals surface area contributed by atoms with Crippen molar-refractivity contribution in [2.24, 2.45) is 4.99 Å². The molecule has 1 rings (SSSR count). The normalized spacial score (nSPS) is 12.5. The molecule has 6 heteroatoms. The summed E-state index contributed by atoms with van der Waals surface area (Å²) in [5.41, 5.74) is 1.56. The molecule has 1 aromatic rings. The minimum atomic E-state index is -0.178. The van der Waals surface area contributed by atoms with Crippen LogP contribution in [0.2, 0.25) is 0 Å². The Bertz CT molecular complexity index is 469. The number of ether oxygens (including phenoxy) is 1. The number of benzene rings is 1. The van der Waals surface area contributed by atoms with E-state index in [0.717, 1.165) is 24.5 Å². The summed E-state index contributed by atoms with van der Waals surface area (Å²) in [6, 6.07) is 5.29. The van der Waals surface area contributed by atoms with E-state index < -0.39 is 0 Å². The maximum atomic E-state index is 13.6. The molecule has 0 bridgehead atoms.